The highest BCUT2D eigenvalue weighted by Crippen LogP contribution is 2.55. The highest BCUT2D eigenvalue weighted by Gasteiger charge is 2.16. The second-order valence-electron chi connectivity index (χ2n) is 4.06. The van der Waals surface area contributed by atoms with Crippen LogP contribution in [0.15, 0.2) is 0 Å². The Labute approximate surface area is 116 Å². The van der Waals surface area contributed by atoms with Crippen molar-refractivity contribution in [3.8, 4) is 0 Å². The summed E-state index contributed by atoms with van der Waals surface area (Å²) in [5, 5.41) is 0. The zero-order valence-electron chi connectivity index (χ0n) is 11.3. The van der Waals surface area contributed by atoms with Gasteiger partial charge in [0.05, 0.1) is 12.2 Å². The molecule has 0 unspecified atom stereocenters. The van der Waals surface area contributed by atoms with Gasteiger partial charge in [-0.25, -0.2) is 0 Å². The lowest BCUT2D eigenvalue weighted by atomic mass is 10.3. The summed E-state index contributed by atoms with van der Waals surface area (Å²) in [6.07, 6.45) is 2.29. The topological polar surface area (TPSA) is 70.5 Å². The molecule has 0 fully saturated rings. The van der Waals surface area contributed by atoms with Crippen LogP contribution in [0.1, 0.15) is 40.5 Å². The summed E-state index contributed by atoms with van der Waals surface area (Å²) in [5.74, 6) is 0. The zero-order valence-corrected chi connectivity index (χ0v) is 13.9. The molecule has 0 heterocycles. The number of hydrogen-bond donors (Lipinski definition) is 3. The maximum absolute atomic E-state index is 5.32. The maximum Gasteiger partial charge on any atom is 0.244 e. The van der Waals surface area contributed by atoms with Gasteiger partial charge in [-0.15, -0.1) is 0 Å². The van der Waals surface area contributed by atoms with Crippen molar-refractivity contribution in [2.24, 2.45) is 11.5 Å². The summed E-state index contributed by atoms with van der Waals surface area (Å²) < 4.78 is 10.6. The molecule has 7 heteroatoms. The van der Waals surface area contributed by atoms with Crippen LogP contribution in [-0.2, 0) is 20.9 Å². The standard InChI is InChI=1S/C6H15O2PS2.C4H12N2/c1-5(2)7-9(10,11)8-6(3)4;5-3-1-2-4-6/h5-6H,1-4H3,(H,10,11);1-6H2. The van der Waals surface area contributed by atoms with Crippen LogP contribution in [-0.4, -0.2) is 25.3 Å². The lowest BCUT2D eigenvalue weighted by Gasteiger charge is -2.20. The molecule has 0 aliphatic carbocycles. The lowest BCUT2D eigenvalue weighted by molar-refractivity contribution is 0.186. The van der Waals surface area contributed by atoms with Gasteiger partial charge in [-0.2, -0.15) is 0 Å². The highest BCUT2D eigenvalue weighted by atomic mass is 32.9. The van der Waals surface area contributed by atoms with Crippen LogP contribution in [0.4, 0.5) is 0 Å². The molecule has 0 rings (SSSR count). The second kappa shape index (κ2) is 11.9. The third kappa shape index (κ3) is 19.4. The van der Waals surface area contributed by atoms with Gasteiger partial charge in [0.1, 0.15) is 0 Å². The van der Waals surface area contributed by atoms with Gasteiger partial charge in [-0.3, -0.25) is 0 Å². The summed E-state index contributed by atoms with van der Waals surface area (Å²) in [7, 11) is 0. The van der Waals surface area contributed by atoms with Gasteiger partial charge in [0.25, 0.3) is 0 Å². The minimum Gasteiger partial charge on any atom is -0.330 e. The highest BCUT2D eigenvalue weighted by molar-refractivity contribution is 8.60. The Morgan fingerprint density at radius 2 is 1.29 bits per heavy atom. The third-order valence-corrected chi connectivity index (χ3v) is 3.80. The SMILES string of the molecule is CC(C)OP(=S)(S)OC(C)C.NCCCCN. The van der Waals surface area contributed by atoms with Crippen molar-refractivity contribution < 1.29 is 9.05 Å². The van der Waals surface area contributed by atoms with Crippen molar-refractivity contribution in [1.82, 2.24) is 0 Å². The van der Waals surface area contributed by atoms with Crippen molar-refractivity contribution in [2.45, 2.75) is 52.7 Å². The first kappa shape index (κ1) is 20.2. The van der Waals surface area contributed by atoms with E-state index in [1.165, 1.54) is 0 Å². The molecule has 0 aromatic heterocycles. The molecule has 106 valence electrons. The third-order valence-electron chi connectivity index (χ3n) is 1.35. The Morgan fingerprint density at radius 3 is 1.47 bits per heavy atom. The first-order chi connectivity index (χ1) is 7.75. The number of thiol groups is 1. The predicted octanol–water partition coefficient (Wildman–Crippen LogP) is 2.67. The zero-order chi connectivity index (χ0) is 13.9. The summed E-state index contributed by atoms with van der Waals surface area (Å²) >= 11 is 9.17. The Bertz CT molecular complexity index is 198. The van der Waals surface area contributed by atoms with E-state index in [0.717, 1.165) is 25.9 Å². The molecule has 0 saturated carbocycles. The van der Waals surface area contributed by atoms with Crippen LogP contribution < -0.4 is 11.5 Å². The maximum atomic E-state index is 5.32. The van der Waals surface area contributed by atoms with E-state index < -0.39 is 5.69 Å². The molecule has 0 radical (unpaired) electrons. The fourth-order valence-corrected chi connectivity index (χ4v) is 4.13. The van der Waals surface area contributed by atoms with E-state index in [1.807, 2.05) is 27.7 Å². The minimum atomic E-state index is -2.28. The van der Waals surface area contributed by atoms with Gasteiger partial charge in [-0.05, 0) is 65.4 Å². The molecule has 0 aliphatic heterocycles. The molecule has 0 bridgehead atoms. The normalized spacial score (nSPS) is 11.6. The first-order valence-corrected chi connectivity index (χ1v) is 9.64. The van der Waals surface area contributed by atoms with Gasteiger partial charge >= 0.3 is 0 Å². The first-order valence-electron chi connectivity index (χ1n) is 5.85. The molecule has 4 N–H and O–H groups in total. The Hall–Kier alpha value is 0.840. The molecular weight excluding hydrogens is 275 g/mol. The van der Waals surface area contributed by atoms with Crippen LogP contribution >= 0.6 is 17.9 Å². The van der Waals surface area contributed by atoms with Crippen LogP contribution in [0, 0.1) is 0 Å². The average molecular weight is 302 g/mol. The largest absolute Gasteiger partial charge is 0.330 e. The number of nitrogens with two attached hydrogens (primary N) is 2. The molecule has 0 atom stereocenters. The second-order valence-corrected chi connectivity index (χ2v) is 9.25. The van der Waals surface area contributed by atoms with E-state index in [-0.39, 0.29) is 12.2 Å². The van der Waals surface area contributed by atoms with Crippen molar-refractivity contribution in [3.63, 3.8) is 0 Å². The fourth-order valence-electron chi connectivity index (χ4n) is 0.846. The summed E-state index contributed by atoms with van der Waals surface area (Å²) in [5.41, 5.74) is 8.04. The molecule has 17 heavy (non-hydrogen) atoms. The molecular formula is C10H27N2O2PS2. The Morgan fingerprint density at radius 1 is 1.00 bits per heavy atom. The number of hydrogen-bond acceptors (Lipinski definition) is 5. The van der Waals surface area contributed by atoms with Gasteiger partial charge in [0.15, 0.2) is 0 Å². The van der Waals surface area contributed by atoms with E-state index in [0.29, 0.717) is 0 Å². The van der Waals surface area contributed by atoms with E-state index in [9.17, 15) is 0 Å². The number of rotatable bonds is 7. The quantitative estimate of drug-likeness (QED) is 0.383. The predicted molar refractivity (Wildman–Crippen MR) is 83.1 cm³/mol. The smallest absolute Gasteiger partial charge is 0.244 e. The van der Waals surface area contributed by atoms with Gasteiger partial charge in [-0.1, -0.05) is 12.2 Å². The molecule has 0 amide bonds. The van der Waals surface area contributed by atoms with Gasteiger partial charge in [0.2, 0.25) is 5.69 Å². The Balaban J connectivity index is 0. The van der Waals surface area contributed by atoms with E-state index in [1.54, 1.807) is 0 Å². The summed E-state index contributed by atoms with van der Waals surface area (Å²) in [4.78, 5) is 0. The lowest BCUT2D eigenvalue weighted by Crippen LogP contribution is -2.04. The minimum absolute atomic E-state index is 0.0806. The van der Waals surface area contributed by atoms with Crippen LogP contribution in [0.3, 0.4) is 0 Å². The van der Waals surface area contributed by atoms with Gasteiger partial charge < -0.3 is 20.5 Å². The fraction of sp³-hybridized carbons (Fsp3) is 1.00. The molecule has 0 aliphatic rings. The van der Waals surface area contributed by atoms with E-state index in [4.69, 9.17) is 32.3 Å². The van der Waals surface area contributed by atoms with Crippen LogP contribution in [0.25, 0.3) is 0 Å². The van der Waals surface area contributed by atoms with Crippen molar-refractivity contribution in [1.29, 1.82) is 0 Å². The molecule has 0 aromatic rings. The van der Waals surface area contributed by atoms with Gasteiger partial charge in [0, 0.05) is 0 Å². The van der Waals surface area contributed by atoms with Crippen molar-refractivity contribution in [3.05, 3.63) is 0 Å². The molecule has 0 aromatic carbocycles. The van der Waals surface area contributed by atoms with Crippen LogP contribution in [0.2, 0.25) is 0 Å². The number of unbranched alkanes of at least 4 members (excludes halogenated alkanes) is 1. The van der Waals surface area contributed by atoms with Crippen molar-refractivity contribution in [2.75, 3.05) is 13.1 Å². The van der Waals surface area contributed by atoms with Crippen LogP contribution in [0.5, 0.6) is 0 Å². The van der Waals surface area contributed by atoms with Crippen molar-refractivity contribution >= 4 is 29.7 Å². The Kier molecular flexibility index (Phi) is 14.1. The molecule has 4 nitrogen and oxygen atoms in total. The monoisotopic (exact) mass is 302 g/mol. The molecule has 0 spiro atoms. The van der Waals surface area contributed by atoms with E-state index >= 15 is 0 Å². The van der Waals surface area contributed by atoms with E-state index in [2.05, 4.69) is 12.2 Å². The summed E-state index contributed by atoms with van der Waals surface area (Å²) in [6.45, 7) is 9.22. The average Bonchev–Trinajstić information content (AvgIpc) is 2.11. The molecule has 0 saturated heterocycles. The summed E-state index contributed by atoms with van der Waals surface area (Å²) in [6, 6.07) is 0.